The van der Waals surface area contributed by atoms with E-state index in [0.717, 1.165) is 23.3 Å². The van der Waals surface area contributed by atoms with E-state index in [1.54, 1.807) is 0 Å². The zero-order chi connectivity index (χ0) is 17.5. The molecule has 1 fully saturated rings. The summed E-state index contributed by atoms with van der Waals surface area (Å²) in [6.07, 6.45) is 1.59. The number of carbonyl (C=O) groups excluding carboxylic acids is 3. The van der Waals surface area contributed by atoms with Crippen molar-refractivity contribution in [3.05, 3.63) is 35.9 Å². The van der Waals surface area contributed by atoms with Gasteiger partial charge in [-0.1, -0.05) is 50.1 Å². The van der Waals surface area contributed by atoms with Gasteiger partial charge in [0.25, 0.3) is 0 Å². The Morgan fingerprint density at radius 3 is 2.67 bits per heavy atom. The lowest BCUT2D eigenvalue weighted by Gasteiger charge is -2.22. The van der Waals surface area contributed by atoms with Gasteiger partial charge in [-0.2, -0.15) is 0 Å². The van der Waals surface area contributed by atoms with Crippen molar-refractivity contribution in [3.8, 4) is 0 Å². The second kappa shape index (κ2) is 8.47. The van der Waals surface area contributed by atoms with E-state index in [4.69, 9.17) is 9.47 Å². The molecule has 0 radical (unpaired) electrons. The number of nitrogens with zero attached hydrogens (tertiary/aromatic N) is 1. The Kier molecular flexibility index (Phi) is 6.35. The van der Waals surface area contributed by atoms with Crippen molar-refractivity contribution in [2.75, 3.05) is 13.7 Å². The first kappa shape index (κ1) is 18.0. The summed E-state index contributed by atoms with van der Waals surface area (Å²) in [5.41, 5.74) is 0.833. The number of cyclic esters (lactones) is 1. The highest BCUT2D eigenvalue weighted by molar-refractivity contribution is 5.95. The summed E-state index contributed by atoms with van der Waals surface area (Å²) < 4.78 is 9.84. The second-order valence-corrected chi connectivity index (χ2v) is 5.83. The summed E-state index contributed by atoms with van der Waals surface area (Å²) in [6.45, 7) is 2.14. The monoisotopic (exact) mass is 333 g/mol. The van der Waals surface area contributed by atoms with E-state index in [2.05, 4.69) is 0 Å². The molecule has 0 aromatic heterocycles. The SMILES string of the molecule is CCCC[C@@H](CC(=O)N1C(=O)OC[C@H]1c1ccccc1)C(=O)OC. The maximum atomic E-state index is 12.7. The minimum atomic E-state index is -0.659. The van der Waals surface area contributed by atoms with Crippen LogP contribution in [0, 0.1) is 5.92 Å². The van der Waals surface area contributed by atoms with Gasteiger partial charge in [-0.15, -0.1) is 0 Å². The van der Waals surface area contributed by atoms with Gasteiger partial charge in [0.15, 0.2) is 0 Å². The summed E-state index contributed by atoms with van der Waals surface area (Å²) >= 11 is 0. The highest BCUT2D eigenvalue weighted by atomic mass is 16.6. The molecule has 6 nitrogen and oxygen atoms in total. The highest BCUT2D eigenvalue weighted by Crippen LogP contribution is 2.29. The Labute approximate surface area is 141 Å². The van der Waals surface area contributed by atoms with Crippen molar-refractivity contribution in [2.24, 2.45) is 5.92 Å². The van der Waals surface area contributed by atoms with Gasteiger partial charge in [0.2, 0.25) is 5.91 Å². The number of unbranched alkanes of at least 4 members (excludes halogenated alkanes) is 1. The van der Waals surface area contributed by atoms with Gasteiger partial charge >= 0.3 is 12.1 Å². The van der Waals surface area contributed by atoms with E-state index in [0.29, 0.717) is 6.42 Å². The first-order valence-corrected chi connectivity index (χ1v) is 8.20. The molecule has 0 saturated carbocycles. The molecule has 2 atom stereocenters. The van der Waals surface area contributed by atoms with Crippen LogP contribution in [0.4, 0.5) is 4.79 Å². The number of imide groups is 1. The third-order valence-corrected chi connectivity index (χ3v) is 4.19. The van der Waals surface area contributed by atoms with Crippen LogP contribution in [-0.4, -0.2) is 36.6 Å². The Morgan fingerprint density at radius 2 is 2.04 bits per heavy atom. The molecule has 6 heteroatoms. The van der Waals surface area contributed by atoms with E-state index in [1.165, 1.54) is 7.11 Å². The summed E-state index contributed by atoms with van der Waals surface area (Å²) in [6, 6.07) is 8.81. The molecule has 1 aliphatic rings. The molecule has 0 N–H and O–H groups in total. The molecule has 0 bridgehead atoms. The third kappa shape index (κ3) is 4.13. The molecule has 0 aliphatic carbocycles. The largest absolute Gasteiger partial charge is 0.469 e. The minimum absolute atomic E-state index is 0.0505. The van der Waals surface area contributed by atoms with E-state index in [-0.39, 0.29) is 13.0 Å². The molecule has 0 unspecified atom stereocenters. The van der Waals surface area contributed by atoms with Gasteiger partial charge in [0.05, 0.1) is 13.0 Å². The maximum Gasteiger partial charge on any atom is 0.417 e. The second-order valence-electron chi connectivity index (χ2n) is 5.83. The lowest BCUT2D eigenvalue weighted by Crippen LogP contribution is -2.36. The quantitative estimate of drug-likeness (QED) is 0.717. The number of benzene rings is 1. The van der Waals surface area contributed by atoms with Crippen LogP contribution in [0.5, 0.6) is 0 Å². The molecule has 1 aromatic rings. The van der Waals surface area contributed by atoms with E-state index < -0.39 is 29.9 Å². The fourth-order valence-corrected chi connectivity index (χ4v) is 2.85. The number of hydrogen-bond donors (Lipinski definition) is 0. The van der Waals surface area contributed by atoms with Gasteiger partial charge in [-0.05, 0) is 12.0 Å². The van der Waals surface area contributed by atoms with Crippen molar-refractivity contribution in [1.29, 1.82) is 0 Å². The van der Waals surface area contributed by atoms with Crippen molar-refractivity contribution in [1.82, 2.24) is 4.90 Å². The van der Waals surface area contributed by atoms with Gasteiger partial charge < -0.3 is 9.47 Å². The Bertz CT molecular complexity index is 586. The summed E-state index contributed by atoms with van der Waals surface area (Å²) in [7, 11) is 1.31. The number of hydrogen-bond acceptors (Lipinski definition) is 5. The van der Waals surface area contributed by atoms with Crippen LogP contribution in [-0.2, 0) is 19.1 Å². The maximum absolute atomic E-state index is 12.7. The molecule has 130 valence electrons. The molecule has 0 spiro atoms. The molecule has 1 saturated heterocycles. The number of amides is 2. The van der Waals surface area contributed by atoms with E-state index in [9.17, 15) is 14.4 Å². The number of rotatable bonds is 7. The fraction of sp³-hybridized carbons (Fsp3) is 0.500. The van der Waals surface area contributed by atoms with Gasteiger partial charge in [0.1, 0.15) is 12.6 Å². The van der Waals surface area contributed by atoms with Crippen molar-refractivity contribution >= 4 is 18.0 Å². The standard InChI is InChI=1S/C18H23NO5/c1-3-4-8-14(17(21)23-2)11-16(20)19-15(12-24-18(19)22)13-9-6-5-7-10-13/h5-7,9-10,14-15H,3-4,8,11-12H2,1-2H3/t14-,15-/m0/s1. The first-order chi connectivity index (χ1) is 11.6. The third-order valence-electron chi connectivity index (χ3n) is 4.19. The van der Waals surface area contributed by atoms with Crippen LogP contribution in [0.2, 0.25) is 0 Å². The van der Waals surface area contributed by atoms with Crippen molar-refractivity contribution < 1.29 is 23.9 Å². The lowest BCUT2D eigenvalue weighted by atomic mass is 9.97. The highest BCUT2D eigenvalue weighted by Gasteiger charge is 2.40. The van der Waals surface area contributed by atoms with Gasteiger partial charge in [-0.3, -0.25) is 9.59 Å². The van der Waals surface area contributed by atoms with E-state index in [1.807, 2.05) is 37.3 Å². The number of esters is 1. The van der Waals surface area contributed by atoms with Crippen LogP contribution in [0.3, 0.4) is 0 Å². The zero-order valence-corrected chi connectivity index (χ0v) is 14.1. The average Bonchev–Trinajstić information content (AvgIpc) is 3.00. The van der Waals surface area contributed by atoms with Crippen LogP contribution in [0.25, 0.3) is 0 Å². The van der Waals surface area contributed by atoms with Crippen molar-refractivity contribution in [3.63, 3.8) is 0 Å². The number of methoxy groups -OCH3 is 1. The lowest BCUT2D eigenvalue weighted by molar-refractivity contribution is -0.149. The molecule has 1 aromatic carbocycles. The summed E-state index contributed by atoms with van der Waals surface area (Å²) in [5.74, 6) is -1.36. The minimum Gasteiger partial charge on any atom is -0.469 e. The van der Waals surface area contributed by atoms with Crippen LogP contribution >= 0.6 is 0 Å². The normalized spacial score (nSPS) is 18.2. The molecule has 2 rings (SSSR count). The molecule has 2 amide bonds. The first-order valence-electron chi connectivity index (χ1n) is 8.20. The average molecular weight is 333 g/mol. The Morgan fingerprint density at radius 1 is 1.33 bits per heavy atom. The van der Waals surface area contributed by atoms with Crippen LogP contribution in [0.1, 0.15) is 44.2 Å². The van der Waals surface area contributed by atoms with E-state index >= 15 is 0 Å². The fourth-order valence-electron chi connectivity index (χ4n) is 2.85. The number of ether oxygens (including phenoxy) is 2. The zero-order valence-electron chi connectivity index (χ0n) is 14.1. The molecule has 1 aliphatic heterocycles. The summed E-state index contributed by atoms with van der Waals surface area (Å²) in [5, 5.41) is 0. The Hall–Kier alpha value is -2.37. The smallest absolute Gasteiger partial charge is 0.417 e. The van der Waals surface area contributed by atoms with Gasteiger partial charge in [-0.25, -0.2) is 9.69 Å². The summed E-state index contributed by atoms with van der Waals surface area (Å²) in [4.78, 5) is 37.7. The van der Waals surface area contributed by atoms with Crippen molar-refractivity contribution in [2.45, 2.75) is 38.6 Å². The van der Waals surface area contributed by atoms with Crippen LogP contribution in [0.15, 0.2) is 30.3 Å². The predicted molar refractivity (Wildman–Crippen MR) is 87.0 cm³/mol. The topological polar surface area (TPSA) is 72.9 Å². The molecular formula is C18H23NO5. The van der Waals surface area contributed by atoms with Crippen LogP contribution < -0.4 is 0 Å². The molecule has 24 heavy (non-hydrogen) atoms. The molecule has 1 heterocycles. The predicted octanol–water partition coefficient (Wildman–Crippen LogP) is 3.08. The number of carbonyl (C=O) groups is 3. The Balaban J connectivity index is 2.13. The van der Waals surface area contributed by atoms with Gasteiger partial charge in [0, 0.05) is 6.42 Å². The molecular weight excluding hydrogens is 310 g/mol.